The van der Waals surface area contributed by atoms with Crippen LogP contribution in [0.4, 0.5) is 5.69 Å². The number of anilines is 1. The van der Waals surface area contributed by atoms with Gasteiger partial charge >= 0.3 is 0 Å². The third-order valence-corrected chi connectivity index (χ3v) is 4.81. The predicted octanol–water partition coefficient (Wildman–Crippen LogP) is 4.33. The summed E-state index contributed by atoms with van der Waals surface area (Å²) in [5, 5.41) is 1.21. The second kappa shape index (κ2) is 5.95. The van der Waals surface area contributed by atoms with Crippen LogP contribution in [0.25, 0.3) is 10.9 Å². The number of furan rings is 1. The van der Waals surface area contributed by atoms with Crippen molar-refractivity contribution in [1.82, 2.24) is 4.98 Å². The maximum atomic E-state index is 5.96. The summed E-state index contributed by atoms with van der Waals surface area (Å²) in [5.41, 5.74) is 4.65. The molecule has 0 amide bonds. The molecule has 0 N–H and O–H groups in total. The number of para-hydroxylation sites is 1. The predicted molar refractivity (Wildman–Crippen MR) is 95.6 cm³/mol. The molecule has 24 heavy (non-hydrogen) atoms. The van der Waals surface area contributed by atoms with Crippen LogP contribution in [-0.2, 0) is 4.74 Å². The van der Waals surface area contributed by atoms with Crippen LogP contribution in [0.2, 0.25) is 0 Å². The number of pyridine rings is 1. The lowest BCUT2D eigenvalue weighted by atomic mass is 10.0. The van der Waals surface area contributed by atoms with Crippen molar-refractivity contribution in [1.29, 1.82) is 0 Å². The van der Waals surface area contributed by atoms with E-state index >= 15 is 0 Å². The van der Waals surface area contributed by atoms with Gasteiger partial charge in [0.2, 0.25) is 0 Å². The fraction of sp³-hybridized carbons (Fsp3) is 0.350. The van der Waals surface area contributed by atoms with Gasteiger partial charge in [-0.15, -0.1) is 0 Å². The van der Waals surface area contributed by atoms with E-state index in [0.29, 0.717) is 6.61 Å². The van der Waals surface area contributed by atoms with Crippen LogP contribution in [0.15, 0.2) is 40.8 Å². The molecule has 0 bridgehead atoms. The summed E-state index contributed by atoms with van der Waals surface area (Å²) in [6.07, 6.45) is -0.0286. The van der Waals surface area contributed by atoms with Crippen molar-refractivity contribution in [2.75, 3.05) is 24.6 Å². The van der Waals surface area contributed by atoms with E-state index in [-0.39, 0.29) is 6.10 Å². The van der Waals surface area contributed by atoms with Crippen molar-refractivity contribution in [2.45, 2.75) is 26.9 Å². The molecular weight excluding hydrogens is 300 g/mol. The summed E-state index contributed by atoms with van der Waals surface area (Å²) in [4.78, 5) is 7.15. The molecule has 0 saturated carbocycles. The molecule has 1 aliphatic heterocycles. The Morgan fingerprint density at radius 1 is 1.08 bits per heavy atom. The van der Waals surface area contributed by atoms with Crippen LogP contribution in [0, 0.1) is 20.8 Å². The number of ether oxygens (including phenoxy) is 1. The minimum Gasteiger partial charge on any atom is -0.464 e. The van der Waals surface area contributed by atoms with Gasteiger partial charge in [-0.3, -0.25) is 4.98 Å². The van der Waals surface area contributed by atoms with Crippen LogP contribution in [0.3, 0.4) is 0 Å². The standard InChI is InChI=1S/C20H22N2O2/c1-13-8-9-18(24-13)19-12-22(10-11-23-19)20-14(2)15(3)21-17-7-5-4-6-16(17)20/h4-9,19H,10-12H2,1-3H3. The Morgan fingerprint density at radius 2 is 1.92 bits per heavy atom. The van der Waals surface area contributed by atoms with Gasteiger partial charge in [0, 0.05) is 17.6 Å². The summed E-state index contributed by atoms with van der Waals surface area (Å²) < 4.78 is 11.7. The number of rotatable bonds is 2. The molecule has 0 spiro atoms. The number of aryl methyl sites for hydroxylation is 2. The highest BCUT2D eigenvalue weighted by molar-refractivity contribution is 5.93. The number of nitrogens with zero attached hydrogens (tertiary/aromatic N) is 2. The largest absolute Gasteiger partial charge is 0.464 e. The summed E-state index contributed by atoms with van der Waals surface area (Å²) in [6.45, 7) is 8.57. The average Bonchev–Trinajstić information content (AvgIpc) is 3.03. The van der Waals surface area contributed by atoms with Gasteiger partial charge in [-0.05, 0) is 44.5 Å². The Kier molecular flexibility index (Phi) is 3.77. The number of hydrogen-bond donors (Lipinski definition) is 0. The van der Waals surface area contributed by atoms with Gasteiger partial charge in [0.05, 0.1) is 24.4 Å². The van der Waals surface area contributed by atoms with Crippen molar-refractivity contribution < 1.29 is 9.15 Å². The fourth-order valence-electron chi connectivity index (χ4n) is 3.47. The highest BCUT2D eigenvalue weighted by atomic mass is 16.5. The summed E-state index contributed by atoms with van der Waals surface area (Å²) in [7, 11) is 0. The Bertz CT molecular complexity index is 884. The van der Waals surface area contributed by atoms with Crippen LogP contribution in [0.5, 0.6) is 0 Å². The summed E-state index contributed by atoms with van der Waals surface area (Å²) in [6, 6.07) is 12.4. The molecule has 3 heterocycles. The molecule has 4 rings (SSSR count). The van der Waals surface area contributed by atoms with Crippen molar-refractivity contribution in [3.8, 4) is 0 Å². The lowest BCUT2D eigenvalue weighted by Crippen LogP contribution is -2.39. The van der Waals surface area contributed by atoms with Gasteiger partial charge in [0.25, 0.3) is 0 Å². The quantitative estimate of drug-likeness (QED) is 0.704. The van der Waals surface area contributed by atoms with Gasteiger partial charge in [0.1, 0.15) is 17.6 Å². The SMILES string of the molecule is Cc1ccc(C2CN(c3c(C)c(C)nc4ccccc34)CCO2)o1. The molecule has 124 valence electrons. The number of morpholine rings is 1. The third-order valence-electron chi connectivity index (χ3n) is 4.81. The van der Waals surface area contributed by atoms with Crippen molar-refractivity contribution >= 4 is 16.6 Å². The van der Waals surface area contributed by atoms with E-state index in [9.17, 15) is 0 Å². The Hall–Kier alpha value is -2.33. The maximum Gasteiger partial charge on any atom is 0.134 e. The van der Waals surface area contributed by atoms with E-state index in [1.54, 1.807) is 0 Å². The molecule has 0 radical (unpaired) electrons. The molecule has 1 aromatic carbocycles. The third kappa shape index (κ3) is 2.57. The number of hydrogen-bond acceptors (Lipinski definition) is 4. The van der Waals surface area contributed by atoms with E-state index in [2.05, 4.69) is 36.9 Å². The molecule has 3 aromatic rings. The van der Waals surface area contributed by atoms with E-state index in [4.69, 9.17) is 14.1 Å². The van der Waals surface area contributed by atoms with E-state index in [1.807, 2.05) is 25.1 Å². The van der Waals surface area contributed by atoms with Gasteiger partial charge in [-0.1, -0.05) is 18.2 Å². The normalized spacial score (nSPS) is 18.3. The molecule has 1 fully saturated rings. The number of fused-ring (bicyclic) bond motifs is 1. The summed E-state index contributed by atoms with van der Waals surface area (Å²) >= 11 is 0. The molecule has 1 atom stereocenters. The first-order chi connectivity index (χ1) is 11.6. The molecule has 1 aliphatic rings. The van der Waals surface area contributed by atoms with Crippen LogP contribution in [-0.4, -0.2) is 24.7 Å². The highest BCUT2D eigenvalue weighted by Crippen LogP contribution is 2.34. The molecule has 4 heteroatoms. The number of aromatic nitrogens is 1. The van der Waals surface area contributed by atoms with Gasteiger partial charge in [0.15, 0.2) is 0 Å². The van der Waals surface area contributed by atoms with Gasteiger partial charge < -0.3 is 14.1 Å². The molecule has 0 aliphatic carbocycles. The van der Waals surface area contributed by atoms with Crippen molar-refractivity contribution in [2.24, 2.45) is 0 Å². The molecule has 1 unspecified atom stereocenters. The Labute approximate surface area is 142 Å². The lowest BCUT2D eigenvalue weighted by Gasteiger charge is -2.35. The highest BCUT2D eigenvalue weighted by Gasteiger charge is 2.27. The summed E-state index contributed by atoms with van der Waals surface area (Å²) in [5.74, 6) is 1.83. The maximum absolute atomic E-state index is 5.96. The molecule has 2 aromatic heterocycles. The topological polar surface area (TPSA) is 38.5 Å². The smallest absolute Gasteiger partial charge is 0.134 e. The zero-order chi connectivity index (χ0) is 16.7. The minimum atomic E-state index is -0.0286. The van der Waals surface area contributed by atoms with Crippen LogP contribution >= 0.6 is 0 Å². The van der Waals surface area contributed by atoms with Crippen molar-refractivity contribution in [3.63, 3.8) is 0 Å². The first-order valence-electron chi connectivity index (χ1n) is 8.42. The van der Waals surface area contributed by atoms with E-state index in [1.165, 1.54) is 16.6 Å². The van der Waals surface area contributed by atoms with E-state index < -0.39 is 0 Å². The zero-order valence-corrected chi connectivity index (χ0v) is 14.4. The molecular formula is C20H22N2O2. The van der Waals surface area contributed by atoms with Gasteiger partial charge in [-0.2, -0.15) is 0 Å². The minimum absolute atomic E-state index is 0.0286. The Balaban J connectivity index is 1.75. The van der Waals surface area contributed by atoms with E-state index in [0.717, 1.165) is 35.8 Å². The monoisotopic (exact) mass is 322 g/mol. The van der Waals surface area contributed by atoms with Gasteiger partial charge in [-0.25, -0.2) is 0 Å². The average molecular weight is 322 g/mol. The second-order valence-electron chi connectivity index (χ2n) is 6.44. The fourth-order valence-corrected chi connectivity index (χ4v) is 3.47. The zero-order valence-electron chi connectivity index (χ0n) is 14.4. The lowest BCUT2D eigenvalue weighted by molar-refractivity contribution is 0.0253. The first kappa shape index (κ1) is 15.2. The first-order valence-corrected chi connectivity index (χ1v) is 8.42. The Morgan fingerprint density at radius 3 is 2.71 bits per heavy atom. The molecule has 1 saturated heterocycles. The van der Waals surface area contributed by atoms with Crippen molar-refractivity contribution in [3.05, 3.63) is 59.2 Å². The van der Waals surface area contributed by atoms with Crippen LogP contribution in [0.1, 0.15) is 28.9 Å². The second-order valence-corrected chi connectivity index (χ2v) is 6.44. The molecule has 4 nitrogen and oxygen atoms in total. The van der Waals surface area contributed by atoms with Crippen LogP contribution < -0.4 is 4.90 Å². The number of benzene rings is 1.